The van der Waals surface area contributed by atoms with Gasteiger partial charge in [0.2, 0.25) is 0 Å². The molecule has 0 amide bonds. The van der Waals surface area contributed by atoms with Gasteiger partial charge in [0.05, 0.1) is 88.0 Å². The minimum Gasteiger partial charge on any atom is -0.494 e. The molecule has 50 heavy (non-hydrogen) atoms. The maximum Gasteiger partial charge on any atom is 0.309 e. The zero-order valence-electron chi connectivity index (χ0n) is 22.9. The van der Waals surface area contributed by atoms with Gasteiger partial charge in [-0.3, -0.25) is 10.1 Å². The number of anilines is 1. The summed E-state index contributed by atoms with van der Waals surface area (Å²) in [5, 5.41) is 12.2. The van der Waals surface area contributed by atoms with Crippen molar-refractivity contribution in [2.24, 2.45) is 0 Å². The van der Waals surface area contributed by atoms with Gasteiger partial charge in [-0.25, -0.2) is 0 Å². The van der Waals surface area contributed by atoms with Gasteiger partial charge in [0.1, 0.15) is 20.1 Å². The van der Waals surface area contributed by atoms with Crippen LogP contribution in [0.5, 0.6) is 5.75 Å². The fourth-order valence-corrected chi connectivity index (χ4v) is 7.34. The van der Waals surface area contributed by atoms with Gasteiger partial charge in [-0.2, -0.15) is 3.94 Å². The molecule has 0 aromatic heterocycles. The normalized spacial score (nSPS) is 10.3. The Kier molecular flexibility index (Phi) is 22.3. The molecule has 0 aliphatic carbocycles. The number of rotatable bonds is 3. The number of methoxy groups -OCH3 is 1. The van der Waals surface area contributed by atoms with E-state index in [1.54, 1.807) is 12.1 Å². The topological polar surface area (TPSA) is 55.6 Å². The predicted octanol–water partition coefficient (Wildman–Crippen LogP) is 19.5. The number of nitro groups is 1. The van der Waals surface area contributed by atoms with Gasteiger partial charge in [-0.15, -0.1) is 0 Å². The average Bonchev–Trinajstić information content (AvgIpc) is 3.06. The smallest absolute Gasteiger partial charge is 0.309 e. The van der Waals surface area contributed by atoms with Crippen LogP contribution in [0.2, 0.25) is 90.4 Å². The Bertz CT molecular complexity index is 1820. The molecule has 4 aromatic rings. The first-order chi connectivity index (χ1) is 23.0. The van der Waals surface area contributed by atoms with Gasteiger partial charge in [0.15, 0.2) is 5.75 Å². The van der Waals surface area contributed by atoms with E-state index >= 15 is 0 Å². The number of nitrogens with zero attached hydrogens (tertiary/aromatic N) is 2. The van der Waals surface area contributed by atoms with Crippen molar-refractivity contribution in [3.63, 3.8) is 0 Å². The molecule has 5 nitrogen and oxygen atoms in total. The summed E-state index contributed by atoms with van der Waals surface area (Å²) in [6.07, 6.45) is 0. The van der Waals surface area contributed by atoms with E-state index in [0.29, 0.717) is 20.8 Å². The second-order valence-electron chi connectivity index (χ2n) is 7.99. The van der Waals surface area contributed by atoms with Crippen LogP contribution in [0.15, 0.2) is 18.2 Å². The van der Waals surface area contributed by atoms with Crippen LogP contribution in [-0.2, 0) is 0 Å². The van der Waals surface area contributed by atoms with Gasteiger partial charge < -0.3 is 4.74 Å². The Hall–Kier alpha value is 1.68. The maximum atomic E-state index is 10.5. The van der Waals surface area contributed by atoms with Gasteiger partial charge in [0, 0.05) is 23.6 Å². The fraction of sp³-hybridized carbons (Fsp3) is 0.0400. The number of halogens is 20. The molecule has 0 fully saturated rings. The molecule has 4 rings (SSSR count). The summed E-state index contributed by atoms with van der Waals surface area (Å²) in [6, 6.07) is 4.57. The summed E-state index contributed by atoms with van der Waals surface area (Å²) >= 11 is 113. The Labute approximate surface area is 384 Å². The van der Waals surface area contributed by atoms with Crippen molar-refractivity contribution in [2.75, 3.05) is 11.0 Å². The maximum absolute atomic E-state index is 10.5. The van der Waals surface area contributed by atoms with Crippen LogP contribution >= 0.6 is 232 Å². The molecule has 0 heterocycles. The zero-order valence-corrected chi connectivity index (χ0v) is 38.0. The standard InChI is InChI=1S/C7H3Cl5O.C6Cl5NO2.C6H2Cl5N.C6HCl5/c1-13-7-5(11)3(9)2(8)4(10)6(7)12;7-1-2(8)4(10)6(12(13)14)5(11)3(1)9;7-3-1-2-4(12(10)11)6(9)5(3)8;7-2-1-3(8)5(10)6(11)4(2)9/h1H3;;1-2H;1H. The summed E-state index contributed by atoms with van der Waals surface area (Å²) in [6.45, 7) is 0. The second kappa shape index (κ2) is 22.4. The third kappa shape index (κ3) is 12.6. The molecular formula is C25H6Cl20N2O3. The van der Waals surface area contributed by atoms with Crippen molar-refractivity contribution in [1.29, 1.82) is 0 Å². The quantitative estimate of drug-likeness (QED) is 0.0674. The highest BCUT2D eigenvalue weighted by Gasteiger charge is 2.27. The monoisotopic (exact) mass is 1080 g/mol. The molecule has 0 spiro atoms. The van der Waals surface area contributed by atoms with Crippen LogP contribution in [0.25, 0.3) is 0 Å². The molecule has 0 aliphatic rings. The largest absolute Gasteiger partial charge is 0.494 e. The molecule has 274 valence electrons. The molecule has 4 aromatic carbocycles. The predicted molar refractivity (Wildman–Crippen MR) is 223 cm³/mol. The highest BCUT2D eigenvalue weighted by atomic mass is 35.5. The lowest BCUT2D eigenvalue weighted by Crippen LogP contribution is -1.92. The minimum absolute atomic E-state index is 0.103. The molecule has 0 N–H and O–H groups in total. The SMILES string of the molecule is COc1c(Cl)c(Cl)c(Cl)c(Cl)c1Cl.Clc1cc(Cl)c(Cl)c(Cl)c1Cl.Clc1ccc(N(Cl)Cl)c(Cl)c1Cl.O=[N+]([O-])c1c(Cl)c(Cl)c(Cl)c(Cl)c1Cl. The Balaban J connectivity index is 0.000000335. The third-order valence-corrected chi connectivity index (χ3v) is 13.3. The van der Waals surface area contributed by atoms with Crippen molar-refractivity contribution in [3.05, 3.63) is 119 Å². The van der Waals surface area contributed by atoms with Gasteiger partial charge in [0.25, 0.3) is 0 Å². The van der Waals surface area contributed by atoms with Gasteiger partial charge >= 0.3 is 5.69 Å². The summed E-state index contributed by atoms with van der Waals surface area (Å²) in [5.74, 6) is 0.225. The van der Waals surface area contributed by atoms with Gasteiger partial charge in [-0.05, 0) is 18.2 Å². The number of nitro benzene ring substituents is 1. The van der Waals surface area contributed by atoms with E-state index in [2.05, 4.69) is 0 Å². The average molecular weight is 1090 g/mol. The van der Waals surface area contributed by atoms with Crippen LogP contribution in [0.4, 0.5) is 11.4 Å². The fourth-order valence-electron chi connectivity index (χ4n) is 2.71. The zero-order chi connectivity index (χ0) is 39.1. The molecule has 0 aliphatic heterocycles. The Morgan fingerprint density at radius 2 is 0.800 bits per heavy atom. The van der Waals surface area contributed by atoms with E-state index < -0.39 is 10.6 Å². The molecule has 0 bridgehead atoms. The molecule has 25 heteroatoms. The van der Waals surface area contributed by atoms with E-state index in [-0.39, 0.29) is 81.1 Å². The minimum atomic E-state index is -0.779. The summed E-state index contributed by atoms with van der Waals surface area (Å²) < 4.78 is 5.72. The third-order valence-electron chi connectivity index (χ3n) is 5.00. The summed E-state index contributed by atoms with van der Waals surface area (Å²) in [4.78, 5) is 9.76. The Morgan fingerprint density at radius 3 is 1.14 bits per heavy atom. The van der Waals surface area contributed by atoms with Crippen LogP contribution in [-0.4, -0.2) is 12.0 Å². The van der Waals surface area contributed by atoms with E-state index in [1.807, 2.05) is 0 Å². The van der Waals surface area contributed by atoms with Crippen LogP contribution in [0.3, 0.4) is 0 Å². The number of hydrogen-bond acceptors (Lipinski definition) is 4. The Morgan fingerprint density at radius 1 is 0.480 bits per heavy atom. The van der Waals surface area contributed by atoms with Crippen molar-refractivity contribution >= 4 is 244 Å². The first-order valence-corrected chi connectivity index (χ1v) is 18.9. The first kappa shape index (κ1) is 49.7. The van der Waals surface area contributed by atoms with Gasteiger partial charge in [-0.1, -0.05) is 209 Å². The van der Waals surface area contributed by atoms with E-state index in [4.69, 9.17) is 237 Å². The number of hydrogen-bond donors (Lipinski definition) is 0. The molecule has 0 saturated carbocycles. The van der Waals surface area contributed by atoms with E-state index in [9.17, 15) is 10.1 Å². The lowest BCUT2D eigenvalue weighted by Gasteiger charge is -2.10. The number of ether oxygens (including phenoxy) is 1. The molecular weight excluding hydrogens is 1090 g/mol. The summed E-state index contributed by atoms with van der Waals surface area (Å²) in [7, 11) is 1.41. The van der Waals surface area contributed by atoms with E-state index in [0.717, 1.165) is 3.94 Å². The lowest BCUT2D eigenvalue weighted by molar-refractivity contribution is -0.384. The second-order valence-corrected chi connectivity index (χ2v) is 15.7. The molecule has 0 atom stereocenters. The van der Waals surface area contributed by atoms with E-state index in [1.165, 1.54) is 13.2 Å². The highest BCUT2D eigenvalue weighted by Crippen LogP contribution is 2.49. The molecule has 0 radical (unpaired) electrons. The number of benzene rings is 4. The lowest BCUT2D eigenvalue weighted by atomic mass is 10.3. The van der Waals surface area contributed by atoms with Crippen molar-refractivity contribution in [1.82, 2.24) is 0 Å². The van der Waals surface area contributed by atoms with Crippen molar-refractivity contribution < 1.29 is 9.66 Å². The van der Waals surface area contributed by atoms with Crippen LogP contribution < -0.4 is 8.67 Å². The highest BCUT2D eigenvalue weighted by molar-refractivity contribution is 6.58. The van der Waals surface area contributed by atoms with Crippen molar-refractivity contribution in [2.45, 2.75) is 0 Å². The van der Waals surface area contributed by atoms with Crippen LogP contribution in [0, 0.1) is 10.1 Å². The van der Waals surface area contributed by atoms with Crippen LogP contribution in [0.1, 0.15) is 0 Å². The van der Waals surface area contributed by atoms with Crippen molar-refractivity contribution in [3.8, 4) is 5.75 Å². The summed E-state index contributed by atoms with van der Waals surface area (Å²) in [5.41, 5.74) is -0.151. The molecule has 0 unspecified atom stereocenters. The molecule has 0 saturated heterocycles. The first-order valence-electron chi connectivity index (χ1n) is 11.4.